The summed E-state index contributed by atoms with van der Waals surface area (Å²) < 4.78 is 0. The molecule has 2 heteroatoms. The van der Waals surface area contributed by atoms with Gasteiger partial charge in [0.05, 0.1) is 6.07 Å². The summed E-state index contributed by atoms with van der Waals surface area (Å²) in [7, 11) is 0. The second kappa shape index (κ2) is 9.24. The summed E-state index contributed by atoms with van der Waals surface area (Å²) in [5.74, 6) is 0.254. The lowest BCUT2D eigenvalue weighted by Crippen LogP contribution is -2.27. The van der Waals surface area contributed by atoms with Crippen LogP contribution in [0.25, 0.3) is 6.08 Å². The summed E-state index contributed by atoms with van der Waals surface area (Å²) in [4.78, 5) is 2.36. The first-order valence-electron chi connectivity index (χ1n) is 9.91. The van der Waals surface area contributed by atoms with Crippen molar-refractivity contribution in [3.05, 3.63) is 100 Å². The van der Waals surface area contributed by atoms with Gasteiger partial charge in [0.1, 0.15) is 0 Å². The molecule has 1 aliphatic heterocycles. The first-order chi connectivity index (χ1) is 13.6. The molecule has 1 aliphatic rings. The Morgan fingerprint density at radius 3 is 2.43 bits per heavy atom. The maximum Gasteiger partial charge on any atom is 0.0625 e. The van der Waals surface area contributed by atoms with Crippen LogP contribution in [0, 0.1) is 18.3 Å². The van der Waals surface area contributed by atoms with Crippen LogP contribution in [0.1, 0.15) is 49.3 Å². The van der Waals surface area contributed by atoms with Gasteiger partial charge in [0.15, 0.2) is 0 Å². The molecule has 0 amide bonds. The van der Waals surface area contributed by atoms with E-state index in [2.05, 4.69) is 98.5 Å². The van der Waals surface area contributed by atoms with Gasteiger partial charge in [-0.3, -0.25) is 0 Å². The maximum absolute atomic E-state index is 9.17. The number of rotatable bonds is 6. The van der Waals surface area contributed by atoms with Crippen molar-refractivity contribution in [3.63, 3.8) is 0 Å². The molecule has 0 fully saturated rings. The topological polar surface area (TPSA) is 27.0 Å². The lowest BCUT2D eigenvalue weighted by molar-refractivity contribution is 0.446. The van der Waals surface area contributed by atoms with E-state index in [4.69, 9.17) is 5.26 Å². The van der Waals surface area contributed by atoms with Crippen molar-refractivity contribution in [1.29, 1.82) is 5.26 Å². The SMILES string of the molecule is CC1=CC(c2ccccc2C)C(CCC#N)=C(C)N1CC=Cc1ccccc1. The van der Waals surface area contributed by atoms with Crippen molar-refractivity contribution in [2.45, 2.75) is 39.5 Å². The molecular formula is C26H28N2. The summed E-state index contributed by atoms with van der Waals surface area (Å²) in [6.07, 6.45) is 8.10. The fourth-order valence-corrected chi connectivity index (χ4v) is 3.97. The van der Waals surface area contributed by atoms with E-state index in [9.17, 15) is 0 Å². The number of aryl methyl sites for hydroxylation is 1. The number of hydrogen-bond donors (Lipinski definition) is 0. The molecule has 0 bridgehead atoms. The van der Waals surface area contributed by atoms with Crippen LogP contribution in [-0.4, -0.2) is 11.4 Å². The molecule has 3 rings (SSSR count). The first-order valence-corrected chi connectivity index (χ1v) is 9.91. The van der Waals surface area contributed by atoms with E-state index < -0.39 is 0 Å². The van der Waals surface area contributed by atoms with Gasteiger partial charge in [0.2, 0.25) is 0 Å². The third-order valence-corrected chi connectivity index (χ3v) is 5.51. The largest absolute Gasteiger partial charge is 0.346 e. The highest BCUT2D eigenvalue weighted by Gasteiger charge is 2.25. The lowest BCUT2D eigenvalue weighted by atomic mass is 9.82. The quantitative estimate of drug-likeness (QED) is 0.575. The average Bonchev–Trinajstić information content (AvgIpc) is 2.71. The molecule has 0 N–H and O–H groups in total. The molecule has 1 atom stereocenters. The zero-order valence-electron chi connectivity index (χ0n) is 17.0. The summed E-state index contributed by atoms with van der Waals surface area (Å²) in [5, 5.41) is 9.17. The highest BCUT2D eigenvalue weighted by atomic mass is 15.1. The lowest BCUT2D eigenvalue weighted by Gasteiger charge is -2.36. The monoisotopic (exact) mass is 368 g/mol. The van der Waals surface area contributed by atoms with Crippen molar-refractivity contribution in [1.82, 2.24) is 4.90 Å². The van der Waals surface area contributed by atoms with Gasteiger partial charge in [-0.05, 0) is 49.5 Å². The molecule has 1 heterocycles. The van der Waals surface area contributed by atoms with Crippen molar-refractivity contribution >= 4 is 6.08 Å². The minimum Gasteiger partial charge on any atom is -0.346 e. The third-order valence-electron chi connectivity index (χ3n) is 5.51. The number of allylic oxidation sites excluding steroid dienone is 4. The third kappa shape index (κ3) is 4.43. The predicted octanol–water partition coefficient (Wildman–Crippen LogP) is 6.59. The van der Waals surface area contributed by atoms with Gasteiger partial charge >= 0.3 is 0 Å². The van der Waals surface area contributed by atoms with Crippen LogP contribution in [-0.2, 0) is 0 Å². The number of nitriles is 1. The Hall–Kier alpha value is -3.05. The van der Waals surface area contributed by atoms with Gasteiger partial charge < -0.3 is 4.90 Å². The van der Waals surface area contributed by atoms with Gasteiger partial charge in [-0.15, -0.1) is 0 Å². The minimum atomic E-state index is 0.254. The van der Waals surface area contributed by atoms with Gasteiger partial charge in [-0.1, -0.05) is 72.8 Å². The molecular weight excluding hydrogens is 340 g/mol. The molecule has 0 saturated carbocycles. The summed E-state index contributed by atoms with van der Waals surface area (Å²) >= 11 is 0. The normalized spacial score (nSPS) is 17.0. The summed E-state index contributed by atoms with van der Waals surface area (Å²) in [6.45, 7) is 7.39. The first kappa shape index (κ1) is 19.7. The standard InChI is InChI=1S/C26H28N2/c1-20-11-7-8-15-24(20)26-19-21(2)28(22(3)25(26)16-9-17-27)18-10-14-23-12-5-4-6-13-23/h4-8,10-15,19,26H,9,16,18H2,1-3H3. The average molecular weight is 369 g/mol. The Morgan fingerprint density at radius 1 is 1.00 bits per heavy atom. The molecule has 142 valence electrons. The van der Waals surface area contributed by atoms with E-state index in [1.165, 1.54) is 33.7 Å². The summed E-state index contributed by atoms with van der Waals surface area (Å²) in [5.41, 5.74) is 7.76. The molecule has 1 unspecified atom stereocenters. The number of nitrogens with zero attached hydrogens (tertiary/aromatic N) is 2. The maximum atomic E-state index is 9.17. The zero-order chi connectivity index (χ0) is 19.9. The Balaban J connectivity index is 1.89. The highest BCUT2D eigenvalue weighted by molar-refractivity contribution is 5.49. The van der Waals surface area contributed by atoms with E-state index in [1.54, 1.807) is 0 Å². The molecule has 0 aliphatic carbocycles. The second-order valence-electron chi connectivity index (χ2n) is 7.33. The van der Waals surface area contributed by atoms with E-state index in [0.29, 0.717) is 6.42 Å². The van der Waals surface area contributed by atoms with Crippen LogP contribution in [0.2, 0.25) is 0 Å². The molecule has 2 aromatic rings. The van der Waals surface area contributed by atoms with Crippen LogP contribution in [0.4, 0.5) is 0 Å². The molecule has 0 spiro atoms. The zero-order valence-corrected chi connectivity index (χ0v) is 17.0. The van der Waals surface area contributed by atoms with E-state index in [-0.39, 0.29) is 5.92 Å². The number of benzene rings is 2. The van der Waals surface area contributed by atoms with Crippen molar-refractivity contribution < 1.29 is 0 Å². The van der Waals surface area contributed by atoms with Crippen LogP contribution in [0.3, 0.4) is 0 Å². The Labute approximate surface area is 169 Å². The molecule has 28 heavy (non-hydrogen) atoms. The van der Waals surface area contributed by atoms with Gasteiger partial charge in [0, 0.05) is 30.3 Å². The summed E-state index contributed by atoms with van der Waals surface area (Å²) in [6, 6.07) is 21.3. The Kier molecular flexibility index (Phi) is 6.50. The van der Waals surface area contributed by atoms with E-state index in [0.717, 1.165) is 13.0 Å². The van der Waals surface area contributed by atoms with Gasteiger partial charge in [0.25, 0.3) is 0 Å². The van der Waals surface area contributed by atoms with Crippen molar-refractivity contribution in [3.8, 4) is 6.07 Å². The number of hydrogen-bond acceptors (Lipinski definition) is 2. The van der Waals surface area contributed by atoms with Gasteiger partial charge in [-0.2, -0.15) is 5.26 Å². The van der Waals surface area contributed by atoms with Crippen LogP contribution in [0.15, 0.2) is 83.7 Å². The fourth-order valence-electron chi connectivity index (χ4n) is 3.97. The Bertz CT molecular complexity index is 942. The molecule has 0 radical (unpaired) electrons. The van der Waals surface area contributed by atoms with Crippen LogP contribution < -0.4 is 0 Å². The molecule has 0 aromatic heterocycles. The van der Waals surface area contributed by atoms with Crippen molar-refractivity contribution in [2.75, 3.05) is 6.54 Å². The van der Waals surface area contributed by atoms with E-state index in [1.807, 2.05) is 6.07 Å². The van der Waals surface area contributed by atoms with Crippen LogP contribution >= 0.6 is 0 Å². The predicted molar refractivity (Wildman–Crippen MR) is 117 cm³/mol. The molecule has 2 aromatic carbocycles. The molecule has 2 nitrogen and oxygen atoms in total. The molecule has 0 saturated heterocycles. The highest BCUT2D eigenvalue weighted by Crippen LogP contribution is 2.39. The van der Waals surface area contributed by atoms with E-state index >= 15 is 0 Å². The fraction of sp³-hybridized carbons (Fsp3) is 0.269. The smallest absolute Gasteiger partial charge is 0.0625 e. The van der Waals surface area contributed by atoms with Crippen LogP contribution in [0.5, 0.6) is 0 Å². The van der Waals surface area contributed by atoms with Gasteiger partial charge in [-0.25, -0.2) is 0 Å². The minimum absolute atomic E-state index is 0.254. The second-order valence-corrected chi connectivity index (χ2v) is 7.33. The van der Waals surface area contributed by atoms with Crippen molar-refractivity contribution in [2.24, 2.45) is 0 Å². The Morgan fingerprint density at radius 2 is 1.71 bits per heavy atom.